The summed E-state index contributed by atoms with van der Waals surface area (Å²) in [6.07, 6.45) is -4.32. The van der Waals surface area contributed by atoms with Crippen LogP contribution in [0.3, 0.4) is 0 Å². The second-order valence-corrected chi connectivity index (χ2v) is 7.42. The Morgan fingerprint density at radius 3 is 2.58 bits per heavy atom. The van der Waals surface area contributed by atoms with Crippen LogP contribution in [0.25, 0.3) is 0 Å². The Hall–Kier alpha value is -1.87. The van der Waals surface area contributed by atoms with Crippen LogP contribution in [0.1, 0.15) is 28.2 Å². The van der Waals surface area contributed by atoms with Gasteiger partial charge in [-0.2, -0.15) is 13.2 Å². The van der Waals surface area contributed by atoms with E-state index in [1.807, 2.05) is 24.4 Å². The zero-order valence-electron chi connectivity index (χ0n) is 12.6. The molecule has 1 unspecified atom stereocenters. The number of tetrazole rings is 1. The van der Waals surface area contributed by atoms with Crippen molar-refractivity contribution in [1.29, 1.82) is 0 Å². The van der Waals surface area contributed by atoms with E-state index in [-0.39, 0.29) is 5.25 Å². The summed E-state index contributed by atoms with van der Waals surface area (Å²) < 4.78 is 39.6. The first-order valence-electron chi connectivity index (χ1n) is 7.06. The van der Waals surface area contributed by atoms with E-state index < -0.39 is 11.7 Å². The Kier molecular flexibility index (Phi) is 4.91. The SMILES string of the molecule is CC(Sc1nnnn1Cc1cccs1)c1ccc(C(F)(F)F)cc1. The van der Waals surface area contributed by atoms with E-state index in [9.17, 15) is 13.2 Å². The number of thiophene rings is 1. The normalized spacial score (nSPS) is 13.2. The van der Waals surface area contributed by atoms with Gasteiger partial charge in [-0.25, -0.2) is 4.68 Å². The molecule has 9 heteroatoms. The molecule has 0 aliphatic carbocycles. The molecule has 1 aromatic carbocycles. The van der Waals surface area contributed by atoms with E-state index in [4.69, 9.17) is 0 Å². The lowest BCUT2D eigenvalue weighted by Crippen LogP contribution is -2.05. The summed E-state index contributed by atoms with van der Waals surface area (Å²) in [4.78, 5) is 1.13. The van der Waals surface area contributed by atoms with E-state index in [1.54, 1.807) is 16.0 Å². The molecule has 0 N–H and O–H groups in total. The summed E-state index contributed by atoms with van der Waals surface area (Å²) >= 11 is 3.03. The summed E-state index contributed by atoms with van der Waals surface area (Å²) in [6, 6.07) is 9.14. The summed E-state index contributed by atoms with van der Waals surface area (Å²) in [5.41, 5.74) is 0.143. The highest BCUT2D eigenvalue weighted by Gasteiger charge is 2.30. The molecular formula is C15H13F3N4S2. The van der Waals surface area contributed by atoms with Crippen LogP contribution in [-0.4, -0.2) is 20.2 Å². The number of hydrogen-bond donors (Lipinski definition) is 0. The van der Waals surface area contributed by atoms with Gasteiger partial charge >= 0.3 is 6.18 Å². The molecule has 3 aromatic rings. The summed E-state index contributed by atoms with van der Waals surface area (Å²) in [7, 11) is 0. The summed E-state index contributed by atoms with van der Waals surface area (Å²) in [5.74, 6) is 0. The molecule has 0 aliphatic rings. The summed E-state index contributed by atoms with van der Waals surface area (Å²) in [6.45, 7) is 2.49. The molecule has 0 amide bonds. The number of hydrogen-bond acceptors (Lipinski definition) is 5. The van der Waals surface area contributed by atoms with Crippen LogP contribution in [0.2, 0.25) is 0 Å². The van der Waals surface area contributed by atoms with Crippen molar-refractivity contribution in [2.45, 2.75) is 30.1 Å². The third-order valence-electron chi connectivity index (χ3n) is 3.37. The highest BCUT2D eigenvalue weighted by molar-refractivity contribution is 7.99. The van der Waals surface area contributed by atoms with E-state index in [1.165, 1.54) is 23.9 Å². The maximum absolute atomic E-state index is 12.6. The molecule has 0 radical (unpaired) electrons. The second kappa shape index (κ2) is 6.94. The third kappa shape index (κ3) is 3.96. The lowest BCUT2D eigenvalue weighted by Gasteiger charge is -2.12. The van der Waals surface area contributed by atoms with Gasteiger partial charge in [-0.15, -0.1) is 16.4 Å². The zero-order chi connectivity index (χ0) is 17.2. The molecule has 0 saturated carbocycles. The Morgan fingerprint density at radius 2 is 1.96 bits per heavy atom. The first kappa shape index (κ1) is 17.0. The molecule has 24 heavy (non-hydrogen) atoms. The van der Waals surface area contributed by atoms with Crippen LogP contribution in [0, 0.1) is 0 Å². The Bertz CT molecular complexity index is 782. The minimum Gasteiger partial charge on any atom is -0.215 e. The Morgan fingerprint density at radius 1 is 1.21 bits per heavy atom. The van der Waals surface area contributed by atoms with Crippen molar-refractivity contribution >= 4 is 23.1 Å². The van der Waals surface area contributed by atoms with Crippen molar-refractivity contribution in [2.75, 3.05) is 0 Å². The zero-order valence-corrected chi connectivity index (χ0v) is 14.2. The van der Waals surface area contributed by atoms with Gasteiger partial charge in [0.05, 0.1) is 12.1 Å². The molecule has 126 valence electrons. The van der Waals surface area contributed by atoms with Gasteiger partial charge in [-0.1, -0.05) is 30.0 Å². The fourth-order valence-corrected chi connectivity index (χ4v) is 3.70. The van der Waals surface area contributed by atoms with Crippen molar-refractivity contribution in [3.05, 3.63) is 57.8 Å². The minimum absolute atomic E-state index is 0.0691. The number of aromatic nitrogens is 4. The number of nitrogens with zero attached hydrogens (tertiary/aromatic N) is 4. The predicted molar refractivity (Wildman–Crippen MR) is 87.0 cm³/mol. The number of thioether (sulfide) groups is 1. The van der Waals surface area contributed by atoms with Gasteiger partial charge in [0.15, 0.2) is 0 Å². The smallest absolute Gasteiger partial charge is 0.215 e. The molecular weight excluding hydrogens is 357 g/mol. The van der Waals surface area contributed by atoms with Crippen LogP contribution in [0.15, 0.2) is 46.9 Å². The number of rotatable bonds is 5. The molecule has 2 heterocycles. The van der Waals surface area contributed by atoms with Crippen LogP contribution < -0.4 is 0 Å². The highest BCUT2D eigenvalue weighted by Crippen LogP contribution is 2.35. The van der Waals surface area contributed by atoms with Gasteiger partial charge < -0.3 is 0 Å². The predicted octanol–water partition coefficient (Wildman–Crippen LogP) is 4.66. The molecule has 1 atom stereocenters. The molecule has 0 saturated heterocycles. The second-order valence-electron chi connectivity index (χ2n) is 5.08. The maximum Gasteiger partial charge on any atom is 0.416 e. The van der Waals surface area contributed by atoms with Crippen LogP contribution >= 0.6 is 23.1 Å². The lowest BCUT2D eigenvalue weighted by atomic mass is 10.1. The van der Waals surface area contributed by atoms with Crippen LogP contribution in [0.5, 0.6) is 0 Å². The number of alkyl halides is 3. The molecule has 3 rings (SSSR count). The Balaban J connectivity index is 1.71. The van der Waals surface area contributed by atoms with Crippen molar-refractivity contribution in [3.63, 3.8) is 0 Å². The minimum atomic E-state index is -4.32. The molecule has 4 nitrogen and oxygen atoms in total. The van der Waals surface area contributed by atoms with E-state index in [0.717, 1.165) is 22.6 Å². The maximum atomic E-state index is 12.6. The molecule has 0 bridgehead atoms. The fraction of sp³-hybridized carbons (Fsp3) is 0.267. The van der Waals surface area contributed by atoms with Crippen LogP contribution in [-0.2, 0) is 12.7 Å². The van der Waals surface area contributed by atoms with Crippen molar-refractivity contribution in [3.8, 4) is 0 Å². The van der Waals surface area contributed by atoms with Crippen molar-refractivity contribution in [1.82, 2.24) is 20.2 Å². The van der Waals surface area contributed by atoms with E-state index in [0.29, 0.717) is 11.7 Å². The van der Waals surface area contributed by atoms with Gasteiger partial charge in [0.25, 0.3) is 0 Å². The monoisotopic (exact) mass is 370 g/mol. The average molecular weight is 370 g/mol. The van der Waals surface area contributed by atoms with Gasteiger partial charge in [-0.3, -0.25) is 0 Å². The standard InChI is InChI=1S/C15H13F3N4S2/c1-10(11-4-6-12(7-5-11)15(16,17)18)24-14-19-20-21-22(14)9-13-3-2-8-23-13/h2-8,10H,9H2,1H3. The lowest BCUT2D eigenvalue weighted by molar-refractivity contribution is -0.137. The average Bonchev–Trinajstić information content (AvgIpc) is 3.20. The van der Waals surface area contributed by atoms with Crippen molar-refractivity contribution in [2.24, 2.45) is 0 Å². The Labute approximate surface area is 144 Å². The van der Waals surface area contributed by atoms with Crippen molar-refractivity contribution < 1.29 is 13.2 Å². The van der Waals surface area contributed by atoms with Gasteiger partial charge in [0, 0.05) is 10.1 Å². The van der Waals surface area contributed by atoms with Crippen LogP contribution in [0.4, 0.5) is 13.2 Å². The van der Waals surface area contributed by atoms with Gasteiger partial charge in [0.2, 0.25) is 5.16 Å². The molecule has 2 aromatic heterocycles. The van der Waals surface area contributed by atoms with E-state index in [2.05, 4.69) is 15.5 Å². The number of benzene rings is 1. The van der Waals surface area contributed by atoms with Gasteiger partial charge in [0.1, 0.15) is 0 Å². The van der Waals surface area contributed by atoms with E-state index >= 15 is 0 Å². The first-order chi connectivity index (χ1) is 11.4. The molecule has 0 spiro atoms. The largest absolute Gasteiger partial charge is 0.416 e. The first-order valence-corrected chi connectivity index (χ1v) is 8.82. The third-order valence-corrected chi connectivity index (χ3v) is 5.36. The quantitative estimate of drug-likeness (QED) is 0.613. The molecule has 0 fully saturated rings. The number of halogens is 3. The fourth-order valence-electron chi connectivity index (χ4n) is 2.10. The summed E-state index contributed by atoms with van der Waals surface area (Å²) in [5, 5.41) is 14.2. The van der Waals surface area contributed by atoms with Gasteiger partial charge in [-0.05, 0) is 46.5 Å². The molecule has 0 aliphatic heterocycles. The highest BCUT2D eigenvalue weighted by atomic mass is 32.2. The topological polar surface area (TPSA) is 43.6 Å².